The van der Waals surface area contributed by atoms with Gasteiger partial charge in [0.25, 0.3) is 0 Å². The average molecular weight is 411 g/mol. The molecule has 0 aliphatic heterocycles. The van der Waals surface area contributed by atoms with Gasteiger partial charge in [0.15, 0.2) is 0 Å². The summed E-state index contributed by atoms with van der Waals surface area (Å²) in [7, 11) is 0. The van der Waals surface area contributed by atoms with Crippen molar-refractivity contribution in [3.05, 3.63) is 59.7 Å². The van der Waals surface area contributed by atoms with Gasteiger partial charge >= 0.3 is 5.97 Å². The van der Waals surface area contributed by atoms with E-state index >= 15 is 0 Å². The monoisotopic (exact) mass is 411 g/mol. The van der Waals surface area contributed by atoms with E-state index in [2.05, 4.69) is 5.32 Å². The number of aliphatic carboxylic acids is 1. The first kappa shape index (κ1) is 23.0. The smallest absolute Gasteiger partial charge is 0.303 e. The molecule has 6 nitrogen and oxygen atoms in total. The fourth-order valence-corrected chi connectivity index (χ4v) is 2.73. The molecule has 2 aromatic rings. The predicted octanol–water partition coefficient (Wildman–Crippen LogP) is 4.93. The topological polar surface area (TPSA) is 84.9 Å². The lowest BCUT2D eigenvalue weighted by Gasteiger charge is -2.13. The Morgan fingerprint density at radius 1 is 1.17 bits per heavy atom. The number of rotatable bonds is 11. The highest BCUT2D eigenvalue weighted by Crippen LogP contribution is 2.27. The zero-order chi connectivity index (χ0) is 21.9. The molecule has 0 spiro atoms. The number of carbonyl (C=O) groups is 2. The first-order chi connectivity index (χ1) is 14.4. The van der Waals surface area contributed by atoms with E-state index in [9.17, 15) is 9.59 Å². The summed E-state index contributed by atoms with van der Waals surface area (Å²) in [6.45, 7) is 6.44. The van der Waals surface area contributed by atoms with E-state index in [1.54, 1.807) is 18.2 Å². The zero-order valence-electron chi connectivity index (χ0n) is 17.7. The molecule has 0 aliphatic carbocycles. The second-order valence-corrected chi connectivity index (χ2v) is 7.13. The van der Waals surface area contributed by atoms with Crippen LogP contribution in [0.15, 0.2) is 48.5 Å². The molecule has 0 aliphatic rings. The highest BCUT2D eigenvalue weighted by molar-refractivity contribution is 6.02. The van der Waals surface area contributed by atoms with E-state index in [1.807, 2.05) is 51.1 Å². The van der Waals surface area contributed by atoms with Gasteiger partial charge < -0.3 is 19.9 Å². The van der Waals surface area contributed by atoms with Gasteiger partial charge in [0.05, 0.1) is 18.4 Å². The largest absolute Gasteiger partial charge is 0.491 e. The number of aryl methyl sites for hydroxylation is 1. The van der Waals surface area contributed by atoms with Crippen LogP contribution in [0.1, 0.15) is 44.7 Å². The quantitative estimate of drug-likeness (QED) is 0.512. The van der Waals surface area contributed by atoms with Gasteiger partial charge in [0.1, 0.15) is 11.5 Å². The Morgan fingerprint density at radius 3 is 2.67 bits per heavy atom. The van der Waals surface area contributed by atoms with Crippen molar-refractivity contribution < 1.29 is 24.2 Å². The standard InChI is InChI=1S/C24H29NO5/c1-4-14-29-22-11-8-19(10-13-24(27)28)16-21(22)25-23(26)12-9-18-6-5-7-20(15-18)30-17(2)3/h5-9,11-12,15-17H,4,10,13-14H2,1-3H3,(H,25,26)(H,27,28)/b12-9+. The van der Waals surface area contributed by atoms with Crippen LogP contribution < -0.4 is 14.8 Å². The number of carboxylic acid groups (broad SMARTS) is 1. The lowest BCUT2D eigenvalue weighted by atomic mass is 10.1. The van der Waals surface area contributed by atoms with E-state index in [0.717, 1.165) is 23.3 Å². The molecular formula is C24H29NO5. The molecule has 0 heterocycles. The zero-order valence-corrected chi connectivity index (χ0v) is 17.7. The Bertz CT molecular complexity index is 889. The molecule has 0 radical (unpaired) electrons. The number of carbonyl (C=O) groups excluding carboxylic acids is 1. The number of anilines is 1. The molecule has 1 amide bonds. The van der Waals surface area contributed by atoms with Gasteiger partial charge in [-0.25, -0.2) is 0 Å². The summed E-state index contributed by atoms with van der Waals surface area (Å²) in [5.41, 5.74) is 2.19. The molecule has 2 aromatic carbocycles. The van der Waals surface area contributed by atoms with Crippen LogP contribution in [0.25, 0.3) is 6.08 Å². The Kier molecular flexibility index (Phi) is 8.94. The van der Waals surface area contributed by atoms with E-state index in [4.69, 9.17) is 14.6 Å². The minimum atomic E-state index is -0.862. The van der Waals surface area contributed by atoms with Gasteiger partial charge in [-0.05, 0) is 68.2 Å². The van der Waals surface area contributed by atoms with Gasteiger partial charge in [-0.2, -0.15) is 0 Å². The maximum absolute atomic E-state index is 12.5. The molecule has 2 rings (SSSR count). The Hall–Kier alpha value is -3.28. The molecule has 0 unspecified atom stereocenters. The lowest BCUT2D eigenvalue weighted by molar-refractivity contribution is -0.137. The maximum Gasteiger partial charge on any atom is 0.303 e. The van der Waals surface area contributed by atoms with Crippen molar-refractivity contribution >= 4 is 23.6 Å². The molecular weight excluding hydrogens is 382 g/mol. The molecule has 0 saturated carbocycles. The number of ether oxygens (including phenoxy) is 2. The van der Waals surface area contributed by atoms with Crippen molar-refractivity contribution in [2.75, 3.05) is 11.9 Å². The third-order valence-corrected chi connectivity index (χ3v) is 4.05. The third kappa shape index (κ3) is 7.99. The van der Waals surface area contributed by atoms with Crippen molar-refractivity contribution in [2.24, 2.45) is 0 Å². The van der Waals surface area contributed by atoms with Crippen molar-refractivity contribution in [3.63, 3.8) is 0 Å². The number of nitrogens with one attached hydrogen (secondary N) is 1. The van der Waals surface area contributed by atoms with Crippen LogP contribution >= 0.6 is 0 Å². The SMILES string of the molecule is CCCOc1ccc(CCC(=O)O)cc1NC(=O)/C=C/c1cccc(OC(C)C)c1. The fourth-order valence-electron chi connectivity index (χ4n) is 2.73. The lowest BCUT2D eigenvalue weighted by Crippen LogP contribution is -2.10. The van der Waals surface area contributed by atoms with Crippen LogP contribution in [-0.4, -0.2) is 29.7 Å². The molecule has 0 fully saturated rings. The summed E-state index contributed by atoms with van der Waals surface area (Å²) in [6, 6.07) is 12.8. The van der Waals surface area contributed by atoms with Gasteiger partial charge in [0, 0.05) is 12.5 Å². The van der Waals surface area contributed by atoms with Crippen LogP contribution in [0, 0.1) is 0 Å². The van der Waals surface area contributed by atoms with Gasteiger partial charge in [-0.1, -0.05) is 25.1 Å². The number of carboxylic acids is 1. The predicted molar refractivity (Wildman–Crippen MR) is 118 cm³/mol. The minimum Gasteiger partial charge on any atom is -0.491 e. The third-order valence-electron chi connectivity index (χ3n) is 4.05. The van der Waals surface area contributed by atoms with E-state index in [-0.39, 0.29) is 18.4 Å². The molecule has 2 N–H and O–H groups in total. The second kappa shape index (κ2) is 11.7. The summed E-state index contributed by atoms with van der Waals surface area (Å²) in [4.78, 5) is 23.3. The molecule has 0 saturated heterocycles. The Labute approximate surface area is 177 Å². The van der Waals surface area contributed by atoms with E-state index in [1.165, 1.54) is 6.08 Å². The normalized spacial score (nSPS) is 10.9. The molecule has 160 valence electrons. The highest BCUT2D eigenvalue weighted by Gasteiger charge is 2.09. The van der Waals surface area contributed by atoms with Crippen molar-refractivity contribution in [1.82, 2.24) is 0 Å². The first-order valence-electron chi connectivity index (χ1n) is 10.1. The number of benzene rings is 2. The molecule has 0 aromatic heterocycles. The Morgan fingerprint density at radius 2 is 1.97 bits per heavy atom. The average Bonchev–Trinajstić information content (AvgIpc) is 2.70. The number of amides is 1. The van der Waals surface area contributed by atoms with Crippen LogP contribution in [0.5, 0.6) is 11.5 Å². The first-order valence-corrected chi connectivity index (χ1v) is 10.1. The van der Waals surface area contributed by atoms with E-state index < -0.39 is 5.97 Å². The van der Waals surface area contributed by atoms with Crippen LogP contribution in [-0.2, 0) is 16.0 Å². The van der Waals surface area contributed by atoms with Crippen molar-refractivity contribution in [3.8, 4) is 11.5 Å². The van der Waals surface area contributed by atoms with Gasteiger partial charge in [-0.15, -0.1) is 0 Å². The summed E-state index contributed by atoms with van der Waals surface area (Å²) >= 11 is 0. The molecule has 30 heavy (non-hydrogen) atoms. The van der Waals surface area contributed by atoms with Crippen LogP contribution in [0.2, 0.25) is 0 Å². The summed E-state index contributed by atoms with van der Waals surface area (Å²) in [5.74, 6) is 0.138. The van der Waals surface area contributed by atoms with Crippen LogP contribution in [0.3, 0.4) is 0 Å². The summed E-state index contributed by atoms with van der Waals surface area (Å²) < 4.78 is 11.4. The number of hydrogen-bond donors (Lipinski definition) is 2. The highest BCUT2D eigenvalue weighted by atomic mass is 16.5. The fraction of sp³-hybridized carbons (Fsp3) is 0.333. The van der Waals surface area contributed by atoms with E-state index in [0.29, 0.717) is 24.5 Å². The Balaban J connectivity index is 2.12. The summed E-state index contributed by atoms with van der Waals surface area (Å²) in [6.07, 6.45) is 4.47. The van der Waals surface area contributed by atoms with Crippen molar-refractivity contribution in [2.45, 2.75) is 46.1 Å². The maximum atomic E-state index is 12.5. The molecule has 6 heteroatoms. The van der Waals surface area contributed by atoms with Gasteiger partial charge in [0.2, 0.25) is 5.91 Å². The minimum absolute atomic E-state index is 0.0250. The number of hydrogen-bond acceptors (Lipinski definition) is 4. The van der Waals surface area contributed by atoms with Crippen molar-refractivity contribution in [1.29, 1.82) is 0 Å². The molecule has 0 bridgehead atoms. The second-order valence-electron chi connectivity index (χ2n) is 7.13. The van der Waals surface area contributed by atoms with Gasteiger partial charge in [-0.3, -0.25) is 9.59 Å². The van der Waals surface area contributed by atoms with Crippen LogP contribution in [0.4, 0.5) is 5.69 Å². The summed E-state index contributed by atoms with van der Waals surface area (Å²) in [5, 5.41) is 11.7. The molecule has 0 atom stereocenters.